The van der Waals surface area contributed by atoms with E-state index in [9.17, 15) is 14.4 Å². The molecule has 0 aliphatic heterocycles. The summed E-state index contributed by atoms with van der Waals surface area (Å²) in [6.45, 7) is 6.68. The highest BCUT2D eigenvalue weighted by Gasteiger charge is 2.19. The van der Waals surface area contributed by atoms with Crippen molar-refractivity contribution in [2.75, 3.05) is 13.2 Å². The van der Waals surface area contributed by atoms with Crippen LogP contribution in [-0.2, 0) is 28.6 Å². The second kappa shape index (κ2) is 57.7. The van der Waals surface area contributed by atoms with Crippen molar-refractivity contribution in [2.24, 2.45) is 0 Å². The molecule has 68 heavy (non-hydrogen) atoms. The average Bonchev–Trinajstić information content (AvgIpc) is 3.34. The first kappa shape index (κ1) is 66.2. The number of rotatable bonds is 57. The number of hydrogen-bond acceptors (Lipinski definition) is 6. The SMILES string of the molecule is CCCCC/C=C\CCCCCCCC(=O)OC[C@H](COC(=O)CCCCCCCCCCCCCCCCCCCCC)OC(=O)CCCCCCCCCCCCCCCCCCCCC. The van der Waals surface area contributed by atoms with E-state index in [2.05, 4.69) is 32.9 Å². The number of carbonyl (C=O) groups is 3. The molecule has 0 rings (SSSR count). The predicted octanol–water partition coefficient (Wildman–Crippen LogP) is 20.5. The molecule has 0 N–H and O–H groups in total. The van der Waals surface area contributed by atoms with E-state index >= 15 is 0 Å². The Morgan fingerprint density at radius 2 is 0.485 bits per heavy atom. The minimum absolute atomic E-state index is 0.0662. The highest BCUT2D eigenvalue weighted by Crippen LogP contribution is 2.18. The smallest absolute Gasteiger partial charge is 0.306 e. The van der Waals surface area contributed by atoms with Gasteiger partial charge in [0.05, 0.1) is 0 Å². The lowest BCUT2D eigenvalue weighted by atomic mass is 10.0. The largest absolute Gasteiger partial charge is 0.462 e. The predicted molar refractivity (Wildman–Crippen MR) is 293 cm³/mol. The third-order valence-electron chi connectivity index (χ3n) is 14.0. The molecule has 0 unspecified atom stereocenters. The van der Waals surface area contributed by atoms with E-state index in [1.54, 1.807) is 0 Å². The van der Waals surface area contributed by atoms with Gasteiger partial charge in [-0.1, -0.05) is 296 Å². The molecular weight excluding hydrogens is 841 g/mol. The number of ether oxygens (including phenoxy) is 3. The van der Waals surface area contributed by atoms with Gasteiger partial charge in [-0.15, -0.1) is 0 Å². The maximum Gasteiger partial charge on any atom is 0.306 e. The summed E-state index contributed by atoms with van der Waals surface area (Å²) in [4.78, 5) is 38.2. The van der Waals surface area contributed by atoms with Gasteiger partial charge in [0, 0.05) is 19.3 Å². The minimum atomic E-state index is -0.768. The van der Waals surface area contributed by atoms with Gasteiger partial charge in [0.15, 0.2) is 6.10 Å². The molecule has 0 amide bonds. The van der Waals surface area contributed by atoms with Crippen LogP contribution in [0.4, 0.5) is 0 Å². The van der Waals surface area contributed by atoms with Crippen molar-refractivity contribution in [3.63, 3.8) is 0 Å². The first-order valence-electron chi connectivity index (χ1n) is 30.7. The van der Waals surface area contributed by atoms with Crippen molar-refractivity contribution in [3.05, 3.63) is 12.2 Å². The molecule has 0 aliphatic rings. The number of unbranched alkanes of at least 4 members (excludes halogenated alkanes) is 44. The number of allylic oxidation sites excluding steroid dienone is 2. The topological polar surface area (TPSA) is 78.9 Å². The van der Waals surface area contributed by atoms with Crippen LogP contribution in [0.25, 0.3) is 0 Å². The maximum absolute atomic E-state index is 12.9. The molecule has 0 aromatic heterocycles. The van der Waals surface area contributed by atoms with Crippen LogP contribution in [0.3, 0.4) is 0 Å². The van der Waals surface area contributed by atoms with Gasteiger partial charge < -0.3 is 14.2 Å². The van der Waals surface area contributed by atoms with E-state index < -0.39 is 6.10 Å². The maximum atomic E-state index is 12.9. The van der Waals surface area contributed by atoms with Crippen LogP contribution in [0.2, 0.25) is 0 Å². The third kappa shape index (κ3) is 55.1. The van der Waals surface area contributed by atoms with Crippen molar-refractivity contribution in [1.82, 2.24) is 0 Å². The molecule has 0 radical (unpaired) electrons. The molecule has 402 valence electrons. The van der Waals surface area contributed by atoms with E-state index in [1.165, 1.54) is 244 Å². The zero-order valence-corrected chi connectivity index (χ0v) is 46.2. The van der Waals surface area contributed by atoms with E-state index in [0.29, 0.717) is 19.3 Å². The first-order chi connectivity index (χ1) is 33.5. The summed E-state index contributed by atoms with van der Waals surface area (Å²) in [6, 6.07) is 0. The fraction of sp³-hybridized carbons (Fsp3) is 0.919. The van der Waals surface area contributed by atoms with Gasteiger partial charge in [-0.25, -0.2) is 0 Å². The monoisotopic (exact) mass is 959 g/mol. The van der Waals surface area contributed by atoms with Gasteiger partial charge in [-0.05, 0) is 44.9 Å². The molecule has 0 fully saturated rings. The van der Waals surface area contributed by atoms with Crippen LogP contribution >= 0.6 is 0 Å². The molecule has 1 atom stereocenters. The summed E-state index contributed by atoms with van der Waals surface area (Å²) >= 11 is 0. The fourth-order valence-electron chi connectivity index (χ4n) is 9.38. The summed E-state index contributed by atoms with van der Waals surface area (Å²) in [7, 11) is 0. The van der Waals surface area contributed by atoms with Crippen LogP contribution in [0.1, 0.15) is 348 Å². The van der Waals surface area contributed by atoms with Crippen LogP contribution in [-0.4, -0.2) is 37.2 Å². The molecule has 0 saturated heterocycles. The summed E-state index contributed by atoms with van der Waals surface area (Å²) in [6.07, 6.45) is 66.4. The summed E-state index contributed by atoms with van der Waals surface area (Å²) in [5.74, 6) is -0.848. The highest BCUT2D eigenvalue weighted by molar-refractivity contribution is 5.71. The van der Waals surface area contributed by atoms with Gasteiger partial charge in [0.1, 0.15) is 13.2 Å². The summed E-state index contributed by atoms with van der Waals surface area (Å²) < 4.78 is 16.9. The molecule has 0 saturated carbocycles. The Hall–Kier alpha value is -1.85. The highest BCUT2D eigenvalue weighted by atomic mass is 16.6. The standard InChI is InChI=1S/C62H118O6/c1-4-7-10-13-16-19-22-25-27-29-31-33-35-37-40-43-46-49-52-55-61(64)67-58-59(57-66-60(63)54-51-48-45-42-39-24-21-18-15-12-9-6-3)68-62(65)56-53-50-47-44-41-38-36-34-32-30-28-26-23-20-17-14-11-8-5-2/h18,21,59H,4-17,19-20,22-58H2,1-3H3/b21-18-/t59-/m1/s1. The Morgan fingerprint density at radius 3 is 0.765 bits per heavy atom. The zero-order valence-electron chi connectivity index (χ0n) is 46.2. The van der Waals surface area contributed by atoms with Gasteiger partial charge in [0.25, 0.3) is 0 Å². The molecular formula is C62H118O6. The van der Waals surface area contributed by atoms with Crippen LogP contribution in [0.5, 0.6) is 0 Å². The Bertz CT molecular complexity index is 1060. The van der Waals surface area contributed by atoms with Crippen LogP contribution in [0, 0.1) is 0 Å². The van der Waals surface area contributed by atoms with Crippen molar-refractivity contribution in [3.8, 4) is 0 Å². The van der Waals surface area contributed by atoms with E-state index in [0.717, 1.165) is 64.2 Å². The first-order valence-corrected chi connectivity index (χ1v) is 30.7. The Balaban J connectivity index is 4.26. The summed E-state index contributed by atoms with van der Waals surface area (Å²) in [5, 5.41) is 0. The number of carbonyl (C=O) groups excluding carboxylic acids is 3. The Labute approximate surface area is 424 Å². The van der Waals surface area contributed by atoms with Crippen LogP contribution in [0.15, 0.2) is 12.2 Å². The molecule has 6 heteroatoms. The number of hydrogen-bond donors (Lipinski definition) is 0. The minimum Gasteiger partial charge on any atom is -0.462 e. The Kier molecular flexibility index (Phi) is 56.2. The third-order valence-corrected chi connectivity index (χ3v) is 14.0. The molecule has 0 aliphatic carbocycles. The second-order valence-corrected chi connectivity index (χ2v) is 21.0. The van der Waals surface area contributed by atoms with Crippen molar-refractivity contribution < 1.29 is 28.6 Å². The second-order valence-electron chi connectivity index (χ2n) is 21.0. The van der Waals surface area contributed by atoms with Crippen molar-refractivity contribution >= 4 is 17.9 Å². The molecule has 0 bridgehead atoms. The fourth-order valence-corrected chi connectivity index (χ4v) is 9.38. The quantitative estimate of drug-likeness (QED) is 0.0262. The average molecular weight is 960 g/mol. The van der Waals surface area contributed by atoms with Gasteiger partial charge in [-0.2, -0.15) is 0 Å². The van der Waals surface area contributed by atoms with Crippen molar-refractivity contribution in [2.45, 2.75) is 354 Å². The van der Waals surface area contributed by atoms with Gasteiger partial charge in [-0.3, -0.25) is 14.4 Å². The molecule has 0 spiro atoms. The molecule has 0 aromatic rings. The Morgan fingerprint density at radius 1 is 0.279 bits per heavy atom. The lowest BCUT2D eigenvalue weighted by Gasteiger charge is -2.18. The lowest BCUT2D eigenvalue weighted by Crippen LogP contribution is -2.30. The normalized spacial score (nSPS) is 12.0. The van der Waals surface area contributed by atoms with E-state index in [1.807, 2.05) is 0 Å². The van der Waals surface area contributed by atoms with Gasteiger partial charge in [0.2, 0.25) is 0 Å². The lowest BCUT2D eigenvalue weighted by molar-refractivity contribution is -0.167. The molecule has 0 aromatic carbocycles. The number of esters is 3. The summed E-state index contributed by atoms with van der Waals surface area (Å²) in [5.41, 5.74) is 0. The van der Waals surface area contributed by atoms with E-state index in [-0.39, 0.29) is 31.1 Å². The zero-order chi connectivity index (χ0) is 49.3. The van der Waals surface area contributed by atoms with E-state index in [4.69, 9.17) is 14.2 Å². The van der Waals surface area contributed by atoms with Gasteiger partial charge >= 0.3 is 17.9 Å². The van der Waals surface area contributed by atoms with Crippen molar-refractivity contribution in [1.29, 1.82) is 0 Å². The molecule has 0 heterocycles. The van der Waals surface area contributed by atoms with Crippen LogP contribution < -0.4 is 0 Å². The molecule has 6 nitrogen and oxygen atoms in total.